The number of aromatic amines is 1. The number of aryl methyl sites for hydroxylation is 1. The van der Waals surface area contributed by atoms with Crippen LogP contribution < -0.4 is 15.6 Å². The summed E-state index contributed by atoms with van der Waals surface area (Å²) in [7, 11) is 1.63. The van der Waals surface area contributed by atoms with E-state index in [9.17, 15) is 4.79 Å². The van der Waals surface area contributed by atoms with Crippen LogP contribution in [0.2, 0.25) is 0 Å². The zero-order valence-electron chi connectivity index (χ0n) is 13.4. The molecule has 2 N–H and O–H groups in total. The molecular formula is C17H23N3O2. The van der Waals surface area contributed by atoms with Crippen LogP contribution in [0.15, 0.2) is 29.1 Å². The lowest BCUT2D eigenvalue weighted by molar-refractivity contribution is 0.415. The predicted molar refractivity (Wildman–Crippen MR) is 89.1 cm³/mol. The van der Waals surface area contributed by atoms with Gasteiger partial charge in [0.1, 0.15) is 5.75 Å². The molecule has 1 aromatic carbocycles. The lowest BCUT2D eigenvalue weighted by atomic mass is 10.1. The van der Waals surface area contributed by atoms with Gasteiger partial charge in [-0.25, -0.2) is 4.98 Å². The summed E-state index contributed by atoms with van der Waals surface area (Å²) in [5, 5.41) is 3.11. The number of benzene rings is 1. The van der Waals surface area contributed by atoms with Gasteiger partial charge < -0.3 is 10.1 Å². The fourth-order valence-electron chi connectivity index (χ4n) is 2.33. The Hall–Kier alpha value is -2.30. The molecule has 0 bridgehead atoms. The van der Waals surface area contributed by atoms with Crippen LogP contribution in [0.5, 0.6) is 5.75 Å². The van der Waals surface area contributed by atoms with Crippen molar-refractivity contribution in [1.29, 1.82) is 0 Å². The van der Waals surface area contributed by atoms with Crippen LogP contribution in [0.25, 0.3) is 0 Å². The standard InChI is InChI=1S/C17H23N3O2/c1-4-5-6-7-15-12(2)18-17(20-16(15)21)19-13-8-10-14(22-3)11-9-13/h8-11H,4-7H2,1-3H3,(H2,18,19,20,21). The third-order valence-corrected chi connectivity index (χ3v) is 3.61. The maximum atomic E-state index is 12.2. The molecule has 5 heteroatoms. The van der Waals surface area contributed by atoms with Crippen LogP contribution in [0.1, 0.15) is 37.4 Å². The number of nitrogens with one attached hydrogen (secondary N) is 2. The predicted octanol–water partition coefficient (Wildman–Crippen LogP) is 3.56. The van der Waals surface area contributed by atoms with Crippen molar-refractivity contribution in [3.8, 4) is 5.75 Å². The molecule has 0 amide bonds. The van der Waals surface area contributed by atoms with Crippen LogP contribution in [-0.4, -0.2) is 17.1 Å². The van der Waals surface area contributed by atoms with Crippen molar-refractivity contribution in [3.05, 3.63) is 45.9 Å². The first kappa shape index (κ1) is 16.1. The number of hydrogen-bond donors (Lipinski definition) is 2. The van der Waals surface area contributed by atoms with Crippen molar-refractivity contribution in [1.82, 2.24) is 9.97 Å². The second kappa shape index (κ2) is 7.64. The summed E-state index contributed by atoms with van der Waals surface area (Å²) in [5.74, 6) is 1.25. The summed E-state index contributed by atoms with van der Waals surface area (Å²) in [6, 6.07) is 7.46. The van der Waals surface area contributed by atoms with E-state index in [1.165, 1.54) is 0 Å². The largest absolute Gasteiger partial charge is 0.497 e. The lowest BCUT2D eigenvalue weighted by Gasteiger charge is -2.09. The number of rotatable bonds is 7. The molecule has 118 valence electrons. The van der Waals surface area contributed by atoms with E-state index in [0.29, 0.717) is 5.95 Å². The van der Waals surface area contributed by atoms with Gasteiger partial charge in [0.05, 0.1) is 7.11 Å². The lowest BCUT2D eigenvalue weighted by Crippen LogP contribution is -2.18. The van der Waals surface area contributed by atoms with E-state index >= 15 is 0 Å². The molecule has 0 aliphatic heterocycles. The maximum Gasteiger partial charge on any atom is 0.255 e. The van der Waals surface area contributed by atoms with Crippen molar-refractivity contribution >= 4 is 11.6 Å². The van der Waals surface area contributed by atoms with Gasteiger partial charge in [-0.2, -0.15) is 0 Å². The third-order valence-electron chi connectivity index (χ3n) is 3.61. The van der Waals surface area contributed by atoms with E-state index < -0.39 is 0 Å². The second-order valence-corrected chi connectivity index (χ2v) is 5.29. The third kappa shape index (κ3) is 4.10. The van der Waals surface area contributed by atoms with Crippen LogP contribution in [0, 0.1) is 6.92 Å². The molecule has 1 heterocycles. The fraction of sp³-hybridized carbons (Fsp3) is 0.412. The van der Waals surface area contributed by atoms with Gasteiger partial charge in [-0.15, -0.1) is 0 Å². The summed E-state index contributed by atoms with van der Waals surface area (Å²) in [4.78, 5) is 19.5. The zero-order valence-corrected chi connectivity index (χ0v) is 13.4. The van der Waals surface area contributed by atoms with Crippen molar-refractivity contribution in [2.24, 2.45) is 0 Å². The molecular weight excluding hydrogens is 278 g/mol. The van der Waals surface area contributed by atoms with Gasteiger partial charge in [0.2, 0.25) is 5.95 Å². The van der Waals surface area contributed by atoms with E-state index in [1.54, 1.807) is 7.11 Å². The number of ether oxygens (including phenoxy) is 1. The highest BCUT2D eigenvalue weighted by Gasteiger charge is 2.08. The number of hydrogen-bond acceptors (Lipinski definition) is 4. The molecule has 0 atom stereocenters. The Kier molecular flexibility index (Phi) is 5.58. The van der Waals surface area contributed by atoms with Gasteiger partial charge in [-0.1, -0.05) is 19.8 Å². The molecule has 0 aliphatic carbocycles. The minimum atomic E-state index is -0.0559. The van der Waals surface area contributed by atoms with Gasteiger partial charge in [0, 0.05) is 16.9 Å². The molecule has 5 nitrogen and oxygen atoms in total. The number of H-pyrrole nitrogens is 1. The Morgan fingerprint density at radius 1 is 1.23 bits per heavy atom. The summed E-state index contributed by atoms with van der Waals surface area (Å²) >= 11 is 0. The number of anilines is 2. The van der Waals surface area contributed by atoms with Gasteiger partial charge in [-0.3, -0.25) is 9.78 Å². The molecule has 0 unspecified atom stereocenters. The summed E-state index contributed by atoms with van der Waals surface area (Å²) < 4.78 is 5.12. The van der Waals surface area contributed by atoms with Crippen LogP contribution in [-0.2, 0) is 6.42 Å². The Bertz CT molecular complexity index is 663. The van der Waals surface area contributed by atoms with E-state index in [2.05, 4.69) is 22.2 Å². The maximum absolute atomic E-state index is 12.2. The number of aromatic nitrogens is 2. The number of unbranched alkanes of at least 4 members (excludes halogenated alkanes) is 2. The van der Waals surface area contributed by atoms with E-state index in [0.717, 1.165) is 48.4 Å². The van der Waals surface area contributed by atoms with Gasteiger partial charge in [0.15, 0.2) is 0 Å². The topological polar surface area (TPSA) is 67.0 Å². The quantitative estimate of drug-likeness (QED) is 0.767. The highest BCUT2D eigenvalue weighted by atomic mass is 16.5. The number of nitrogens with zero attached hydrogens (tertiary/aromatic N) is 1. The Labute approximate surface area is 130 Å². The first-order valence-corrected chi connectivity index (χ1v) is 7.65. The van der Waals surface area contributed by atoms with Crippen molar-refractivity contribution in [3.63, 3.8) is 0 Å². The average molecular weight is 301 g/mol. The minimum absolute atomic E-state index is 0.0559. The van der Waals surface area contributed by atoms with Gasteiger partial charge in [-0.05, 0) is 44.0 Å². The smallest absolute Gasteiger partial charge is 0.255 e. The van der Waals surface area contributed by atoms with Crippen LogP contribution >= 0.6 is 0 Å². The van der Waals surface area contributed by atoms with E-state index in [4.69, 9.17) is 4.74 Å². The highest BCUT2D eigenvalue weighted by molar-refractivity contribution is 5.54. The SMILES string of the molecule is CCCCCc1c(C)nc(Nc2ccc(OC)cc2)[nH]c1=O. The first-order chi connectivity index (χ1) is 10.6. The average Bonchev–Trinajstić information content (AvgIpc) is 2.51. The second-order valence-electron chi connectivity index (χ2n) is 5.29. The first-order valence-electron chi connectivity index (χ1n) is 7.65. The van der Waals surface area contributed by atoms with Crippen molar-refractivity contribution < 1.29 is 4.74 Å². The molecule has 2 aromatic rings. The van der Waals surface area contributed by atoms with E-state index in [-0.39, 0.29) is 5.56 Å². The molecule has 0 saturated heterocycles. The highest BCUT2D eigenvalue weighted by Crippen LogP contribution is 2.18. The Morgan fingerprint density at radius 2 is 1.95 bits per heavy atom. The molecule has 2 rings (SSSR count). The van der Waals surface area contributed by atoms with E-state index in [1.807, 2.05) is 31.2 Å². The summed E-state index contributed by atoms with van der Waals surface area (Å²) in [6.45, 7) is 4.03. The van der Waals surface area contributed by atoms with Crippen molar-refractivity contribution in [2.45, 2.75) is 39.5 Å². The van der Waals surface area contributed by atoms with Gasteiger partial charge in [0.25, 0.3) is 5.56 Å². The molecule has 0 aliphatic rings. The summed E-state index contributed by atoms with van der Waals surface area (Å²) in [6.07, 6.45) is 4.07. The zero-order chi connectivity index (χ0) is 15.9. The van der Waals surface area contributed by atoms with Gasteiger partial charge >= 0.3 is 0 Å². The fourth-order valence-corrected chi connectivity index (χ4v) is 2.33. The van der Waals surface area contributed by atoms with Crippen LogP contribution in [0.4, 0.5) is 11.6 Å². The number of methoxy groups -OCH3 is 1. The summed E-state index contributed by atoms with van der Waals surface area (Å²) in [5.41, 5.74) is 2.37. The molecule has 0 fully saturated rings. The normalized spacial score (nSPS) is 10.5. The Balaban J connectivity index is 2.13. The monoisotopic (exact) mass is 301 g/mol. The Morgan fingerprint density at radius 3 is 2.55 bits per heavy atom. The molecule has 22 heavy (non-hydrogen) atoms. The van der Waals surface area contributed by atoms with Crippen molar-refractivity contribution in [2.75, 3.05) is 12.4 Å². The molecule has 0 radical (unpaired) electrons. The molecule has 0 spiro atoms. The van der Waals surface area contributed by atoms with Crippen LogP contribution in [0.3, 0.4) is 0 Å². The molecule has 1 aromatic heterocycles. The minimum Gasteiger partial charge on any atom is -0.497 e. The molecule has 0 saturated carbocycles.